The maximum Gasteiger partial charge on any atom is 0.0588 e. The lowest BCUT2D eigenvalue weighted by atomic mass is 10.1. The molecular formula is C39H44S5. The van der Waals surface area contributed by atoms with Crippen molar-refractivity contribution < 1.29 is 0 Å². The van der Waals surface area contributed by atoms with E-state index in [1.165, 1.54) is 143 Å². The van der Waals surface area contributed by atoms with Crippen LogP contribution >= 0.6 is 57.1 Å². The van der Waals surface area contributed by atoms with Gasteiger partial charge in [0.15, 0.2) is 0 Å². The first-order valence-corrected chi connectivity index (χ1v) is 20.8. The molecular weight excluding hydrogens is 629 g/mol. The Labute approximate surface area is 284 Å². The molecule has 0 amide bonds. The summed E-state index contributed by atoms with van der Waals surface area (Å²) in [6.07, 6.45) is 16.9. The van der Waals surface area contributed by atoms with Crippen molar-refractivity contribution >= 4 is 77.3 Å². The number of rotatable bonds is 17. The topological polar surface area (TPSA) is 0 Å². The predicted molar refractivity (Wildman–Crippen MR) is 206 cm³/mol. The lowest BCUT2D eigenvalue weighted by molar-refractivity contribution is 0.548. The number of thioether (sulfide) groups is 1. The maximum atomic E-state index is 2.49. The van der Waals surface area contributed by atoms with Crippen LogP contribution in [0.4, 0.5) is 0 Å². The predicted octanol–water partition coefficient (Wildman–Crippen LogP) is 15.3. The Morgan fingerprint density at radius 3 is 1.55 bits per heavy atom. The van der Waals surface area contributed by atoms with Gasteiger partial charge in [0, 0.05) is 38.7 Å². The van der Waals surface area contributed by atoms with Crippen LogP contribution in [0.25, 0.3) is 49.4 Å². The highest BCUT2D eigenvalue weighted by Crippen LogP contribution is 2.50. The van der Waals surface area contributed by atoms with E-state index in [1.807, 2.05) is 45.3 Å². The monoisotopic (exact) mass is 672 g/mol. The summed E-state index contributed by atoms with van der Waals surface area (Å²) < 4.78 is 2.75. The van der Waals surface area contributed by atoms with E-state index >= 15 is 0 Å². The molecule has 2 aromatic carbocycles. The van der Waals surface area contributed by atoms with Gasteiger partial charge < -0.3 is 0 Å². The molecule has 0 aliphatic heterocycles. The number of aryl methyl sites for hydroxylation is 1. The van der Waals surface area contributed by atoms with Crippen LogP contribution in [0.15, 0.2) is 77.7 Å². The first-order valence-electron chi connectivity index (χ1n) is 16.5. The van der Waals surface area contributed by atoms with Gasteiger partial charge in [0.25, 0.3) is 0 Å². The molecule has 6 rings (SSSR count). The normalized spacial score (nSPS) is 11.8. The van der Waals surface area contributed by atoms with E-state index in [0.717, 1.165) is 0 Å². The van der Waals surface area contributed by atoms with Gasteiger partial charge in [-0.05, 0) is 71.8 Å². The van der Waals surface area contributed by atoms with Crippen LogP contribution in [0.2, 0.25) is 0 Å². The molecule has 44 heavy (non-hydrogen) atoms. The molecule has 0 N–H and O–H groups in total. The summed E-state index contributed by atoms with van der Waals surface area (Å²) in [7, 11) is 0. The largest absolute Gasteiger partial charge is 0.134 e. The van der Waals surface area contributed by atoms with Gasteiger partial charge in [0.1, 0.15) is 0 Å². The average Bonchev–Trinajstić information content (AvgIpc) is 3.83. The summed E-state index contributed by atoms with van der Waals surface area (Å²) in [5.41, 5.74) is 1.40. The van der Waals surface area contributed by atoms with Crippen LogP contribution in [-0.2, 0) is 0 Å². The van der Waals surface area contributed by atoms with Gasteiger partial charge in [0.05, 0.1) is 4.88 Å². The van der Waals surface area contributed by atoms with E-state index in [2.05, 4.69) is 98.4 Å². The Morgan fingerprint density at radius 2 is 0.977 bits per heavy atom. The number of hydrogen-bond donors (Lipinski definition) is 0. The van der Waals surface area contributed by atoms with Crippen molar-refractivity contribution in [2.45, 2.75) is 95.8 Å². The molecule has 4 heterocycles. The standard InChI is InChI=1S/C39H44S5/c1-3-4-5-6-7-8-9-10-11-12-13-18-23-40-37-27-36(35-26-30-20-15-17-22-32(30)42-35)44-39(37)38-28(2)24-33(43-38)34-25-29-19-14-16-21-31(29)41-34/h14-17,19-22,24-27H,3-13,18,23H2,1-2H3. The van der Waals surface area contributed by atoms with Crippen LogP contribution in [0.1, 0.15) is 89.5 Å². The van der Waals surface area contributed by atoms with E-state index in [-0.39, 0.29) is 0 Å². The SMILES string of the molecule is CCCCCCCCCCCCCCSc1cc(-c2cc3ccccc3s2)sc1-c1sc(-c2cc3ccccc3s2)cc1C. The summed E-state index contributed by atoms with van der Waals surface area (Å²) in [5, 5.41) is 2.70. The molecule has 0 saturated heterocycles. The molecule has 4 aromatic heterocycles. The van der Waals surface area contributed by atoms with Gasteiger partial charge in [-0.1, -0.05) is 114 Å². The molecule has 0 nitrogen and oxygen atoms in total. The second kappa shape index (κ2) is 16.1. The number of hydrogen-bond acceptors (Lipinski definition) is 5. The molecule has 0 saturated carbocycles. The Morgan fingerprint density at radius 1 is 0.500 bits per heavy atom. The van der Waals surface area contributed by atoms with E-state index in [9.17, 15) is 0 Å². The third-order valence-electron chi connectivity index (χ3n) is 8.41. The second-order valence-electron chi connectivity index (χ2n) is 12.0. The summed E-state index contributed by atoms with van der Waals surface area (Å²) in [6, 6.07) is 27.2. The second-order valence-corrected chi connectivity index (χ2v) is 17.4. The highest BCUT2D eigenvalue weighted by atomic mass is 32.2. The molecule has 0 aliphatic rings. The van der Waals surface area contributed by atoms with Crippen LogP contribution in [0.5, 0.6) is 0 Å². The third kappa shape index (κ3) is 8.09. The lowest BCUT2D eigenvalue weighted by Crippen LogP contribution is -1.84. The van der Waals surface area contributed by atoms with Crippen LogP contribution in [0, 0.1) is 6.92 Å². The molecule has 230 valence electrons. The average molecular weight is 673 g/mol. The fraction of sp³-hybridized carbons (Fsp3) is 0.385. The minimum absolute atomic E-state index is 1.21. The zero-order valence-corrected chi connectivity index (χ0v) is 30.2. The van der Waals surface area contributed by atoms with E-state index in [1.54, 1.807) is 0 Å². The highest BCUT2D eigenvalue weighted by Gasteiger charge is 2.19. The van der Waals surface area contributed by atoms with Crippen molar-refractivity contribution in [2.24, 2.45) is 0 Å². The third-order valence-corrected chi connectivity index (χ3v) is 14.8. The first-order chi connectivity index (χ1) is 21.7. The molecule has 0 atom stereocenters. The van der Waals surface area contributed by atoms with Gasteiger partial charge in [-0.25, -0.2) is 0 Å². The minimum atomic E-state index is 1.21. The molecule has 6 aromatic rings. The number of unbranched alkanes of at least 4 members (excludes halogenated alkanes) is 11. The summed E-state index contributed by atoms with van der Waals surface area (Å²) in [6.45, 7) is 4.61. The zero-order valence-electron chi connectivity index (χ0n) is 26.2. The summed E-state index contributed by atoms with van der Waals surface area (Å²) >= 11 is 9.91. The van der Waals surface area contributed by atoms with Crippen molar-refractivity contribution in [2.75, 3.05) is 5.75 Å². The summed E-state index contributed by atoms with van der Waals surface area (Å²) in [4.78, 5) is 9.98. The fourth-order valence-corrected chi connectivity index (χ4v) is 12.1. The number of thiophene rings is 4. The molecule has 0 fully saturated rings. The fourth-order valence-electron chi connectivity index (χ4n) is 5.92. The van der Waals surface area contributed by atoms with Crippen molar-refractivity contribution in [3.63, 3.8) is 0 Å². The van der Waals surface area contributed by atoms with Crippen LogP contribution in [0.3, 0.4) is 0 Å². The van der Waals surface area contributed by atoms with Crippen molar-refractivity contribution in [3.8, 4) is 29.3 Å². The molecule has 0 bridgehead atoms. The van der Waals surface area contributed by atoms with E-state index in [0.29, 0.717) is 0 Å². The zero-order chi connectivity index (χ0) is 30.1. The number of fused-ring (bicyclic) bond motifs is 2. The van der Waals surface area contributed by atoms with E-state index < -0.39 is 0 Å². The van der Waals surface area contributed by atoms with Crippen LogP contribution < -0.4 is 0 Å². The van der Waals surface area contributed by atoms with Crippen molar-refractivity contribution in [1.29, 1.82) is 0 Å². The van der Waals surface area contributed by atoms with Gasteiger partial charge in [0.2, 0.25) is 0 Å². The van der Waals surface area contributed by atoms with Gasteiger partial charge in [-0.15, -0.1) is 57.1 Å². The van der Waals surface area contributed by atoms with Gasteiger partial charge in [-0.2, -0.15) is 0 Å². The first kappa shape index (κ1) is 32.1. The molecule has 0 aliphatic carbocycles. The minimum Gasteiger partial charge on any atom is -0.134 e. The Hall–Kier alpha value is -1.89. The Kier molecular flexibility index (Phi) is 11.7. The molecule has 5 heteroatoms. The molecule has 0 radical (unpaired) electrons. The summed E-state index contributed by atoms with van der Waals surface area (Å²) in [5.74, 6) is 1.21. The van der Waals surface area contributed by atoms with Crippen LogP contribution in [-0.4, -0.2) is 5.75 Å². The Balaban J connectivity index is 1.12. The van der Waals surface area contributed by atoms with Gasteiger partial charge in [-0.3, -0.25) is 0 Å². The molecule has 0 spiro atoms. The number of benzene rings is 2. The highest BCUT2D eigenvalue weighted by molar-refractivity contribution is 7.99. The maximum absolute atomic E-state index is 2.49. The molecule has 0 unspecified atom stereocenters. The smallest absolute Gasteiger partial charge is 0.0588 e. The quantitative estimate of drug-likeness (QED) is 0.0686. The van der Waals surface area contributed by atoms with Crippen molar-refractivity contribution in [1.82, 2.24) is 0 Å². The van der Waals surface area contributed by atoms with E-state index in [4.69, 9.17) is 0 Å². The van der Waals surface area contributed by atoms with Gasteiger partial charge >= 0.3 is 0 Å². The van der Waals surface area contributed by atoms with Crippen molar-refractivity contribution in [3.05, 3.63) is 78.4 Å². The Bertz CT molecular complexity index is 1690. The lowest BCUT2D eigenvalue weighted by Gasteiger charge is -2.04.